The maximum absolute atomic E-state index is 10.9. The van der Waals surface area contributed by atoms with Gasteiger partial charge in [-0.15, -0.1) is 0 Å². The molecule has 106 valence electrons. The normalized spacial score (nSPS) is 10.4. The highest BCUT2D eigenvalue weighted by Gasteiger charge is 2.15. The smallest absolute Gasteiger partial charge is 0.311 e. The topological polar surface area (TPSA) is 90.4 Å². The molecule has 2 aromatic rings. The van der Waals surface area contributed by atoms with Crippen LogP contribution in [-0.2, 0) is 13.2 Å². The summed E-state index contributed by atoms with van der Waals surface area (Å²) in [5.41, 5.74) is 0.363. The number of rotatable bonds is 7. The highest BCUT2D eigenvalue weighted by atomic mass is 16.6. The van der Waals surface area contributed by atoms with Gasteiger partial charge in [0.05, 0.1) is 24.5 Å². The molecule has 1 aromatic heterocycles. The van der Waals surface area contributed by atoms with Gasteiger partial charge in [-0.1, -0.05) is 6.07 Å². The highest BCUT2D eigenvalue weighted by Crippen LogP contribution is 2.28. The van der Waals surface area contributed by atoms with Gasteiger partial charge in [0.15, 0.2) is 5.75 Å². The standard InChI is InChI=1S/C13H15N3O4/c17-9-11-2-3-13(12(8-11)16(18)19)20-7-1-5-15-6-4-14-10-15/h2-4,6,8,10,17H,1,5,7,9H2. The number of aliphatic hydroxyl groups is 1. The monoisotopic (exact) mass is 277 g/mol. The van der Waals surface area contributed by atoms with Gasteiger partial charge in [0.2, 0.25) is 0 Å². The number of ether oxygens (including phenoxy) is 1. The second-order valence-corrected chi connectivity index (χ2v) is 4.22. The van der Waals surface area contributed by atoms with Crippen LogP contribution >= 0.6 is 0 Å². The van der Waals surface area contributed by atoms with E-state index in [1.54, 1.807) is 18.6 Å². The summed E-state index contributed by atoms with van der Waals surface area (Å²) in [5.74, 6) is 0.220. The first-order chi connectivity index (χ1) is 9.70. The van der Waals surface area contributed by atoms with Crippen molar-refractivity contribution in [3.05, 3.63) is 52.6 Å². The SMILES string of the molecule is O=[N+]([O-])c1cc(CO)ccc1OCCCn1ccnc1. The molecule has 0 aliphatic carbocycles. The number of nitrogens with zero attached hydrogens (tertiary/aromatic N) is 3. The second kappa shape index (κ2) is 6.67. The molecule has 1 aromatic carbocycles. The first kappa shape index (κ1) is 14.0. The van der Waals surface area contributed by atoms with Gasteiger partial charge in [-0.3, -0.25) is 10.1 Å². The fourth-order valence-electron chi connectivity index (χ4n) is 1.77. The third-order valence-corrected chi connectivity index (χ3v) is 2.78. The lowest BCUT2D eigenvalue weighted by Gasteiger charge is -2.08. The minimum Gasteiger partial charge on any atom is -0.487 e. The Kier molecular flexibility index (Phi) is 4.67. The van der Waals surface area contributed by atoms with Crippen molar-refractivity contribution in [2.45, 2.75) is 19.6 Å². The number of aryl methyl sites for hydroxylation is 1. The van der Waals surface area contributed by atoms with Crippen LogP contribution in [-0.4, -0.2) is 26.2 Å². The molecule has 0 aliphatic heterocycles. The molecule has 0 saturated carbocycles. The van der Waals surface area contributed by atoms with Crippen molar-refractivity contribution in [1.82, 2.24) is 9.55 Å². The number of nitro benzene ring substituents is 1. The van der Waals surface area contributed by atoms with E-state index in [1.807, 2.05) is 10.8 Å². The van der Waals surface area contributed by atoms with E-state index in [4.69, 9.17) is 9.84 Å². The highest BCUT2D eigenvalue weighted by molar-refractivity contribution is 5.48. The summed E-state index contributed by atoms with van der Waals surface area (Å²) in [5, 5.41) is 19.9. The number of aromatic nitrogens is 2. The number of hydrogen-bond donors (Lipinski definition) is 1. The summed E-state index contributed by atoms with van der Waals surface area (Å²) in [7, 11) is 0. The molecule has 20 heavy (non-hydrogen) atoms. The Morgan fingerprint density at radius 3 is 2.95 bits per heavy atom. The van der Waals surface area contributed by atoms with E-state index in [2.05, 4.69) is 4.98 Å². The van der Waals surface area contributed by atoms with E-state index in [1.165, 1.54) is 12.1 Å². The van der Waals surface area contributed by atoms with E-state index in [9.17, 15) is 10.1 Å². The van der Waals surface area contributed by atoms with Crippen LogP contribution in [0, 0.1) is 10.1 Å². The zero-order valence-corrected chi connectivity index (χ0v) is 10.8. The lowest BCUT2D eigenvalue weighted by atomic mass is 10.2. The van der Waals surface area contributed by atoms with Crippen LogP contribution in [0.25, 0.3) is 0 Å². The predicted molar refractivity (Wildman–Crippen MR) is 71.4 cm³/mol. The summed E-state index contributed by atoms with van der Waals surface area (Å²) in [6.07, 6.45) is 5.96. The van der Waals surface area contributed by atoms with Gasteiger partial charge >= 0.3 is 5.69 Å². The van der Waals surface area contributed by atoms with Crippen molar-refractivity contribution in [2.75, 3.05) is 6.61 Å². The Morgan fingerprint density at radius 2 is 2.30 bits per heavy atom. The maximum Gasteiger partial charge on any atom is 0.311 e. The largest absolute Gasteiger partial charge is 0.487 e. The molecule has 0 fully saturated rings. The van der Waals surface area contributed by atoms with Crippen LogP contribution < -0.4 is 4.74 Å². The van der Waals surface area contributed by atoms with Crippen molar-refractivity contribution in [2.24, 2.45) is 0 Å². The molecule has 2 rings (SSSR count). The Balaban J connectivity index is 1.93. The molecule has 0 bridgehead atoms. The zero-order valence-electron chi connectivity index (χ0n) is 10.8. The summed E-state index contributed by atoms with van der Waals surface area (Å²) in [6.45, 7) is 0.877. The number of aliphatic hydroxyl groups excluding tert-OH is 1. The van der Waals surface area contributed by atoms with Crippen LogP contribution in [0.4, 0.5) is 5.69 Å². The molecule has 7 heteroatoms. The fourth-order valence-corrected chi connectivity index (χ4v) is 1.77. The molecule has 1 heterocycles. The quantitative estimate of drug-likeness (QED) is 0.473. The Bertz CT molecular complexity index is 569. The van der Waals surface area contributed by atoms with E-state index in [0.29, 0.717) is 12.2 Å². The molecular formula is C13H15N3O4. The van der Waals surface area contributed by atoms with Crippen molar-refractivity contribution >= 4 is 5.69 Å². The second-order valence-electron chi connectivity index (χ2n) is 4.22. The van der Waals surface area contributed by atoms with Crippen molar-refractivity contribution in [1.29, 1.82) is 0 Å². The Hall–Kier alpha value is -2.41. The van der Waals surface area contributed by atoms with Gasteiger partial charge in [-0.25, -0.2) is 4.98 Å². The Labute approximate surface area is 115 Å². The first-order valence-electron chi connectivity index (χ1n) is 6.17. The lowest BCUT2D eigenvalue weighted by Crippen LogP contribution is -2.05. The molecule has 0 saturated heterocycles. The Morgan fingerprint density at radius 1 is 1.45 bits per heavy atom. The molecule has 7 nitrogen and oxygen atoms in total. The van der Waals surface area contributed by atoms with E-state index < -0.39 is 4.92 Å². The number of hydrogen-bond acceptors (Lipinski definition) is 5. The van der Waals surface area contributed by atoms with Crippen LogP contribution in [0.1, 0.15) is 12.0 Å². The number of benzene rings is 1. The van der Waals surface area contributed by atoms with Crippen LogP contribution in [0.5, 0.6) is 5.75 Å². The third-order valence-electron chi connectivity index (χ3n) is 2.78. The zero-order chi connectivity index (χ0) is 14.4. The summed E-state index contributed by atoms with van der Waals surface area (Å²) in [4.78, 5) is 14.4. The fraction of sp³-hybridized carbons (Fsp3) is 0.308. The summed E-state index contributed by atoms with van der Waals surface area (Å²) < 4.78 is 7.35. The average molecular weight is 277 g/mol. The van der Waals surface area contributed by atoms with Crippen molar-refractivity contribution < 1.29 is 14.8 Å². The van der Waals surface area contributed by atoms with Gasteiger partial charge in [0.25, 0.3) is 0 Å². The predicted octanol–water partition coefficient (Wildman–Crippen LogP) is 1.75. The molecule has 0 aliphatic rings. The summed E-state index contributed by atoms with van der Waals surface area (Å²) >= 11 is 0. The lowest BCUT2D eigenvalue weighted by molar-refractivity contribution is -0.386. The summed E-state index contributed by atoms with van der Waals surface area (Å²) in [6, 6.07) is 4.45. The van der Waals surface area contributed by atoms with Crippen LogP contribution in [0.2, 0.25) is 0 Å². The van der Waals surface area contributed by atoms with E-state index in [0.717, 1.165) is 13.0 Å². The van der Waals surface area contributed by atoms with E-state index in [-0.39, 0.29) is 18.0 Å². The molecule has 0 amide bonds. The molecule has 0 atom stereocenters. The van der Waals surface area contributed by atoms with Crippen LogP contribution in [0.15, 0.2) is 36.9 Å². The first-order valence-corrected chi connectivity index (χ1v) is 6.17. The van der Waals surface area contributed by atoms with Gasteiger partial charge < -0.3 is 14.4 Å². The molecular weight excluding hydrogens is 262 g/mol. The third kappa shape index (κ3) is 3.55. The molecule has 0 radical (unpaired) electrons. The molecule has 1 N–H and O–H groups in total. The van der Waals surface area contributed by atoms with Gasteiger partial charge in [0, 0.05) is 25.0 Å². The number of nitro groups is 1. The van der Waals surface area contributed by atoms with Crippen molar-refractivity contribution in [3.8, 4) is 5.75 Å². The maximum atomic E-state index is 10.9. The van der Waals surface area contributed by atoms with E-state index >= 15 is 0 Å². The minimum absolute atomic E-state index is 0.126. The van der Waals surface area contributed by atoms with Crippen molar-refractivity contribution in [3.63, 3.8) is 0 Å². The van der Waals surface area contributed by atoms with Gasteiger partial charge in [0.1, 0.15) is 0 Å². The molecule has 0 unspecified atom stereocenters. The van der Waals surface area contributed by atoms with Gasteiger partial charge in [-0.05, 0) is 18.1 Å². The van der Waals surface area contributed by atoms with Crippen LogP contribution in [0.3, 0.4) is 0 Å². The number of imidazole rings is 1. The molecule has 0 spiro atoms. The average Bonchev–Trinajstić information content (AvgIpc) is 2.96. The van der Waals surface area contributed by atoms with Gasteiger partial charge in [-0.2, -0.15) is 0 Å². The minimum atomic E-state index is -0.510.